The Morgan fingerprint density at radius 2 is 1.76 bits per heavy atom. The maximum absolute atomic E-state index is 10.5. The number of carbonyl (C=O) groups excluding carboxylic acids is 1. The van der Waals surface area contributed by atoms with Crippen LogP contribution < -0.4 is 0 Å². The summed E-state index contributed by atoms with van der Waals surface area (Å²) >= 11 is 5.27. The first-order chi connectivity index (χ1) is 8.18. The van der Waals surface area contributed by atoms with E-state index in [4.69, 9.17) is 11.6 Å². The van der Waals surface area contributed by atoms with Gasteiger partial charge >= 0.3 is 0 Å². The normalized spacial score (nSPS) is 15.9. The van der Waals surface area contributed by atoms with Crippen LogP contribution >= 0.6 is 11.6 Å². The van der Waals surface area contributed by atoms with Crippen LogP contribution in [0.1, 0.15) is 44.1 Å². The largest absolute Gasteiger partial charge is 0.281 e. The number of hydrogen-bond donors (Lipinski definition) is 0. The van der Waals surface area contributed by atoms with Crippen LogP contribution in [0.25, 0.3) is 0 Å². The van der Waals surface area contributed by atoms with Crippen molar-refractivity contribution in [2.45, 2.75) is 45.4 Å². The van der Waals surface area contributed by atoms with E-state index in [9.17, 15) is 4.79 Å². The van der Waals surface area contributed by atoms with Crippen LogP contribution in [0.2, 0.25) is 0 Å². The van der Waals surface area contributed by atoms with E-state index in [2.05, 4.69) is 19.1 Å². The highest BCUT2D eigenvalue weighted by Crippen LogP contribution is 2.26. The number of aryl methyl sites for hydroxylation is 1. The quantitative estimate of drug-likeness (QED) is 0.697. The van der Waals surface area contributed by atoms with Gasteiger partial charge in [0.15, 0.2) is 0 Å². The second kappa shape index (κ2) is 8.30. The van der Waals surface area contributed by atoms with Crippen molar-refractivity contribution in [3.63, 3.8) is 0 Å². The van der Waals surface area contributed by atoms with Crippen molar-refractivity contribution in [1.82, 2.24) is 0 Å². The van der Waals surface area contributed by atoms with Crippen LogP contribution in [-0.4, -0.2) is 5.24 Å². The molecule has 0 heterocycles. The fourth-order valence-electron chi connectivity index (χ4n) is 2.15. The average molecular weight is 253 g/mol. The molecular formula is C15H21ClO. The van der Waals surface area contributed by atoms with Crippen molar-refractivity contribution in [3.8, 4) is 0 Å². The lowest BCUT2D eigenvalue weighted by Gasteiger charge is -2.19. The third-order valence-electron chi connectivity index (χ3n) is 3.11. The standard InChI is InChI=1S/C8H13ClO.C7H8/c9-8(10)6-7-4-2-1-3-5-7;1-7-5-3-2-4-6-7/h7H,1-6H2;2-6H,1H3. The summed E-state index contributed by atoms with van der Waals surface area (Å²) in [6.45, 7) is 2.08. The molecule has 0 aromatic heterocycles. The van der Waals surface area contributed by atoms with Gasteiger partial charge in [0, 0.05) is 6.42 Å². The van der Waals surface area contributed by atoms with Gasteiger partial charge in [-0.1, -0.05) is 55.2 Å². The predicted molar refractivity (Wildman–Crippen MR) is 73.2 cm³/mol. The van der Waals surface area contributed by atoms with Gasteiger partial charge in [0.2, 0.25) is 5.24 Å². The summed E-state index contributed by atoms with van der Waals surface area (Å²) in [7, 11) is 0. The fourth-order valence-corrected chi connectivity index (χ4v) is 2.37. The number of hydrogen-bond acceptors (Lipinski definition) is 1. The van der Waals surface area contributed by atoms with E-state index in [0.29, 0.717) is 12.3 Å². The van der Waals surface area contributed by atoms with E-state index in [1.807, 2.05) is 18.2 Å². The molecule has 17 heavy (non-hydrogen) atoms. The maximum atomic E-state index is 10.5. The number of benzene rings is 1. The second-order valence-corrected chi connectivity index (χ2v) is 5.14. The van der Waals surface area contributed by atoms with Crippen molar-refractivity contribution < 1.29 is 4.79 Å². The first-order valence-corrected chi connectivity index (χ1v) is 6.76. The van der Waals surface area contributed by atoms with E-state index in [-0.39, 0.29) is 5.24 Å². The molecule has 94 valence electrons. The molecule has 1 saturated carbocycles. The van der Waals surface area contributed by atoms with Gasteiger partial charge in [0.05, 0.1) is 0 Å². The molecule has 1 aliphatic rings. The molecule has 1 nitrogen and oxygen atoms in total. The number of halogens is 1. The first kappa shape index (κ1) is 14.2. The third kappa shape index (κ3) is 7.17. The van der Waals surface area contributed by atoms with Gasteiger partial charge in [-0.05, 0) is 37.3 Å². The molecule has 0 saturated heterocycles. The molecule has 1 aromatic rings. The van der Waals surface area contributed by atoms with Gasteiger partial charge in [-0.2, -0.15) is 0 Å². The lowest BCUT2D eigenvalue weighted by Crippen LogP contribution is -2.08. The maximum Gasteiger partial charge on any atom is 0.221 e. The Morgan fingerprint density at radius 1 is 1.18 bits per heavy atom. The van der Waals surface area contributed by atoms with E-state index >= 15 is 0 Å². The van der Waals surface area contributed by atoms with E-state index in [1.165, 1.54) is 37.7 Å². The van der Waals surface area contributed by atoms with E-state index < -0.39 is 0 Å². The molecule has 2 heteroatoms. The summed E-state index contributed by atoms with van der Waals surface area (Å²) in [5.74, 6) is 0.596. The lowest BCUT2D eigenvalue weighted by atomic mass is 9.87. The highest BCUT2D eigenvalue weighted by Gasteiger charge is 2.15. The van der Waals surface area contributed by atoms with Crippen molar-refractivity contribution in [3.05, 3.63) is 35.9 Å². The summed E-state index contributed by atoms with van der Waals surface area (Å²) in [5, 5.41) is -0.160. The summed E-state index contributed by atoms with van der Waals surface area (Å²) in [6.07, 6.45) is 6.93. The monoisotopic (exact) mass is 252 g/mol. The molecular weight excluding hydrogens is 232 g/mol. The topological polar surface area (TPSA) is 17.1 Å². The van der Waals surface area contributed by atoms with Crippen LogP contribution in [0, 0.1) is 12.8 Å². The lowest BCUT2D eigenvalue weighted by molar-refractivity contribution is -0.112. The highest BCUT2D eigenvalue weighted by molar-refractivity contribution is 6.63. The summed E-state index contributed by atoms with van der Waals surface area (Å²) in [5.41, 5.74) is 1.32. The Morgan fingerprint density at radius 3 is 2.18 bits per heavy atom. The summed E-state index contributed by atoms with van der Waals surface area (Å²) in [6, 6.07) is 10.3. The minimum absolute atomic E-state index is 0.160. The van der Waals surface area contributed by atoms with Crippen LogP contribution in [0.3, 0.4) is 0 Å². The zero-order valence-electron chi connectivity index (χ0n) is 10.5. The Balaban J connectivity index is 0.000000181. The Labute approximate surface area is 109 Å². The predicted octanol–water partition coefficient (Wildman–Crippen LogP) is 4.72. The Bertz CT molecular complexity index is 315. The molecule has 0 bridgehead atoms. The van der Waals surface area contributed by atoms with Gasteiger partial charge in [-0.25, -0.2) is 0 Å². The SMILES string of the molecule is Cc1ccccc1.O=C(Cl)CC1CCCCC1. The zero-order chi connectivity index (χ0) is 12.5. The first-order valence-electron chi connectivity index (χ1n) is 6.38. The van der Waals surface area contributed by atoms with Crippen molar-refractivity contribution in [1.29, 1.82) is 0 Å². The van der Waals surface area contributed by atoms with Gasteiger partial charge in [-0.15, -0.1) is 0 Å². The minimum atomic E-state index is -0.160. The zero-order valence-corrected chi connectivity index (χ0v) is 11.2. The third-order valence-corrected chi connectivity index (χ3v) is 3.27. The molecule has 1 aliphatic carbocycles. The summed E-state index contributed by atoms with van der Waals surface area (Å²) < 4.78 is 0. The fraction of sp³-hybridized carbons (Fsp3) is 0.533. The molecule has 0 atom stereocenters. The molecule has 1 aromatic carbocycles. The Kier molecular flexibility index (Phi) is 6.95. The molecule has 0 N–H and O–H groups in total. The smallest absolute Gasteiger partial charge is 0.221 e. The number of carbonyl (C=O) groups is 1. The average Bonchev–Trinajstić information content (AvgIpc) is 2.31. The van der Waals surface area contributed by atoms with Crippen molar-refractivity contribution in [2.75, 3.05) is 0 Å². The molecule has 0 aliphatic heterocycles. The molecule has 2 rings (SSSR count). The minimum Gasteiger partial charge on any atom is -0.281 e. The second-order valence-electron chi connectivity index (χ2n) is 4.72. The highest BCUT2D eigenvalue weighted by atomic mass is 35.5. The van der Waals surface area contributed by atoms with Crippen molar-refractivity contribution in [2.24, 2.45) is 5.92 Å². The Hall–Kier alpha value is -0.820. The van der Waals surface area contributed by atoms with Gasteiger partial charge < -0.3 is 0 Å². The van der Waals surface area contributed by atoms with E-state index in [0.717, 1.165) is 0 Å². The summed E-state index contributed by atoms with van der Waals surface area (Å²) in [4.78, 5) is 10.5. The van der Waals surface area contributed by atoms with Gasteiger partial charge in [-0.3, -0.25) is 4.79 Å². The molecule has 0 spiro atoms. The van der Waals surface area contributed by atoms with Crippen LogP contribution in [0.15, 0.2) is 30.3 Å². The van der Waals surface area contributed by atoms with Crippen molar-refractivity contribution >= 4 is 16.8 Å². The van der Waals surface area contributed by atoms with Crippen LogP contribution in [0.4, 0.5) is 0 Å². The van der Waals surface area contributed by atoms with E-state index in [1.54, 1.807) is 0 Å². The van der Waals surface area contributed by atoms with Crippen LogP contribution in [0.5, 0.6) is 0 Å². The molecule has 0 amide bonds. The van der Waals surface area contributed by atoms with Gasteiger partial charge in [0.1, 0.15) is 0 Å². The molecule has 1 fully saturated rings. The molecule has 0 radical (unpaired) electrons. The molecule has 0 unspecified atom stereocenters. The van der Waals surface area contributed by atoms with Gasteiger partial charge in [0.25, 0.3) is 0 Å². The number of rotatable bonds is 2. The van der Waals surface area contributed by atoms with Crippen LogP contribution in [-0.2, 0) is 4.79 Å².